The van der Waals surface area contributed by atoms with E-state index in [-0.39, 0.29) is 23.6 Å². The fourth-order valence-electron chi connectivity index (χ4n) is 3.93. The fourth-order valence-corrected chi connectivity index (χ4v) is 4.82. The third-order valence-electron chi connectivity index (χ3n) is 5.78. The third kappa shape index (κ3) is 5.23. The largest absolute Gasteiger partial charge is 0.328 e. The van der Waals surface area contributed by atoms with Crippen molar-refractivity contribution in [1.29, 1.82) is 0 Å². The lowest BCUT2D eigenvalue weighted by Crippen LogP contribution is -2.31. The molecule has 1 N–H and O–H groups in total. The van der Waals surface area contributed by atoms with Gasteiger partial charge in [0.15, 0.2) is 11.0 Å². The summed E-state index contributed by atoms with van der Waals surface area (Å²) in [5, 5.41) is 12.8. The van der Waals surface area contributed by atoms with Crippen LogP contribution in [0.4, 0.5) is 5.69 Å². The van der Waals surface area contributed by atoms with Crippen LogP contribution in [0.3, 0.4) is 0 Å². The summed E-state index contributed by atoms with van der Waals surface area (Å²) >= 11 is 7.35. The van der Waals surface area contributed by atoms with E-state index < -0.39 is 0 Å². The predicted octanol–water partition coefficient (Wildman–Crippen LogP) is 4.79. The number of halogens is 1. The second kappa shape index (κ2) is 9.97. The number of carbonyl (C=O) groups excluding carboxylic acids is 2. The number of aryl methyl sites for hydroxylation is 2. The molecule has 1 atom stereocenters. The van der Waals surface area contributed by atoms with Gasteiger partial charge in [-0.25, -0.2) is 0 Å². The number of nitrogens with zero attached hydrogens (tertiary/aromatic N) is 4. The molecule has 1 fully saturated rings. The molecule has 2 amide bonds. The predicted molar refractivity (Wildman–Crippen MR) is 131 cm³/mol. The molecular formula is C24H26ClN5O2S. The molecule has 3 aromatic rings. The van der Waals surface area contributed by atoms with Crippen LogP contribution < -0.4 is 5.32 Å². The first kappa shape index (κ1) is 23.3. The van der Waals surface area contributed by atoms with Crippen molar-refractivity contribution in [3.63, 3.8) is 0 Å². The molecule has 0 radical (unpaired) electrons. The number of thioether (sulfide) groups is 1. The van der Waals surface area contributed by atoms with Crippen LogP contribution in [-0.4, -0.2) is 43.8 Å². The highest BCUT2D eigenvalue weighted by atomic mass is 35.5. The van der Waals surface area contributed by atoms with Gasteiger partial charge in [-0.05, 0) is 56.5 Å². The zero-order chi connectivity index (χ0) is 23.5. The van der Waals surface area contributed by atoms with Gasteiger partial charge in [-0.2, -0.15) is 0 Å². The first-order valence-corrected chi connectivity index (χ1v) is 12.2. The average molecular weight is 484 g/mol. The van der Waals surface area contributed by atoms with Crippen LogP contribution >= 0.6 is 23.4 Å². The van der Waals surface area contributed by atoms with E-state index in [0.717, 1.165) is 29.8 Å². The monoisotopic (exact) mass is 483 g/mol. The van der Waals surface area contributed by atoms with Crippen LogP contribution in [0.1, 0.15) is 46.2 Å². The number of rotatable bonds is 6. The maximum atomic E-state index is 13.1. The zero-order valence-electron chi connectivity index (χ0n) is 18.8. The van der Waals surface area contributed by atoms with E-state index in [1.54, 1.807) is 12.1 Å². The van der Waals surface area contributed by atoms with Crippen molar-refractivity contribution in [3.8, 4) is 0 Å². The van der Waals surface area contributed by atoms with Crippen molar-refractivity contribution >= 4 is 40.9 Å². The first-order valence-electron chi connectivity index (χ1n) is 10.8. The number of benzene rings is 2. The number of aromatic nitrogens is 3. The molecule has 1 saturated heterocycles. The van der Waals surface area contributed by atoms with E-state index in [1.165, 1.54) is 11.8 Å². The molecular weight excluding hydrogens is 458 g/mol. The van der Waals surface area contributed by atoms with E-state index >= 15 is 0 Å². The standard InChI is InChI=1S/C24H26ClN5O2S/c1-15-6-9-17(10-7-15)23(32)30-12-4-5-20(30)22-27-28-24(29(22)3)33-14-21(31)26-19-13-18(25)11-8-16(19)2/h6-11,13,20H,4-5,12,14H2,1-3H3,(H,26,31). The molecule has 7 nitrogen and oxygen atoms in total. The molecule has 9 heteroatoms. The number of anilines is 1. The Hall–Kier alpha value is -2.84. The number of carbonyl (C=O) groups is 2. The number of hydrogen-bond donors (Lipinski definition) is 1. The topological polar surface area (TPSA) is 80.1 Å². The number of likely N-dealkylation sites (tertiary alicyclic amines) is 1. The molecule has 172 valence electrons. The van der Waals surface area contributed by atoms with E-state index in [0.29, 0.717) is 28.0 Å². The Kier molecular flexibility index (Phi) is 7.05. The van der Waals surface area contributed by atoms with Gasteiger partial charge in [-0.1, -0.05) is 47.1 Å². The van der Waals surface area contributed by atoms with Crippen molar-refractivity contribution in [2.75, 3.05) is 17.6 Å². The van der Waals surface area contributed by atoms with Gasteiger partial charge in [0, 0.05) is 29.9 Å². The van der Waals surface area contributed by atoms with Crippen molar-refractivity contribution in [2.24, 2.45) is 7.05 Å². The van der Waals surface area contributed by atoms with Crippen LogP contribution in [0.5, 0.6) is 0 Å². The van der Waals surface area contributed by atoms with Crippen molar-refractivity contribution in [1.82, 2.24) is 19.7 Å². The lowest BCUT2D eigenvalue weighted by Gasteiger charge is -2.24. The van der Waals surface area contributed by atoms with Crippen molar-refractivity contribution in [2.45, 2.75) is 37.9 Å². The van der Waals surface area contributed by atoms with Crippen LogP contribution in [0.2, 0.25) is 5.02 Å². The smallest absolute Gasteiger partial charge is 0.254 e. The van der Waals surface area contributed by atoms with Crippen LogP contribution in [0, 0.1) is 13.8 Å². The Morgan fingerprint density at radius 2 is 1.91 bits per heavy atom. The molecule has 0 saturated carbocycles. The molecule has 4 rings (SSSR count). The van der Waals surface area contributed by atoms with Crippen molar-refractivity contribution < 1.29 is 9.59 Å². The van der Waals surface area contributed by atoms with Gasteiger partial charge in [0.25, 0.3) is 5.91 Å². The number of amides is 2. The summed E-state index contributed by atoms with van der Waals surface area (Å²) in [6.07, 6.45) is 1.75. The van der Waals surface area contributed by atoms with Crippen LogP contribution in [-0.2, 0) is 11.8 Å². The van der Waals surface area contributed by atoms with E-state index in [4.69, 9.17) is 11.6 Å². The van der Waals surface area contributed by atoms with Gasteiger partial charge in [0.05, 0.1) is 11.8 Å². The van der Waals surface area contributed by atoms with Gasteiger partial charge in [-0.15, -0.1) is 10.2 Å². The normalized spacial score (nSPS) is 15.6. The minimum absolute atomic E-state index is 0.00553. The SMILES string of the molecule is Cc1ccc(C(=O)N2CCCC2c2nnc(SCC(=O)Nc3cc(Cl)ccc3C)n2C)cc1. The number of hydrogen-bond acceptors (Lipinski definition) is 5. The molecule has 2 heterocycles. The van der Waals surface area contributed by atoms with Gasteiger partial charge >= 0.3 is 0 Å². The zero-order valence-corrected chi connectivity index (χ0v) is 20.4. The lowest BCUT2D eigenvalue weighted by atomic mass is 10.1. The summed E-state index contributed by atoms with van der Waals surface area (Å²) in [6.45, 7) is 4.61. The highest BCUT2D eigenvalue weighted by molar-refractivity contribution is 7.99. The van der Waals surface area contributed by atoms with Gasteiger partial charge in [0.2, 0.25) is 5.91 Å². The second-order valence-electron chi connectivity index (χ2n) is 8.22. The molecule has 1 aliphatic heterocycles. The van der Waals surface area contributed by atoms with E-state index in [9.17, 15) is 9.59 Å². The molecule has 1 unspecified atom stereocenters. The first-order chi connectivity index (χ1) is 15.8. The number of nitrogens with one attached hydrogen (secondary N) is 1. The molecule has 0 bridgehead atoms. The lowest BCUT2D eigenvalue weighted by molar-refractivity contribution is -0.113. The highest BCUT2D eigenvalue weighted by Crippen LogP contribution is 2.33. The molecule has 0 spiro atoms. The summed E-state index contributed by atoms with van der Waals surface area (Å²) in [4.78, 5) is 27.4. The Morgan fingerprint density at radius 3 is 2.67 bits per heavy atom. The molecule has 2 aromatic carbocycles. The molecule has 1 aromatic heterocycles. The maximum Gasteiger partial charge on any atom is 0.254 e. The minimum Gasteiger partial charge on any atom is -0.328 e. The summed E-state index contributed by atoms with van der Waals surface area (Å²) in [5.74, 6) is 0.786. The maximum absolute atomic E-state index is 13.1. The molecule has 1 aliphatic rings. The molecule has 33 heavy (non-hydrogen) atoms. The second-order valence-corrected chi connectivity index (χ2v) is 9.60. The summed E-state index contributed by atoms with van der Waals surface area (Å²) in [7, 11) is 1.88. The van der Waals surface area contributed by atoms with Gasteiger partial charge < -0.3 is 14.8 Å². The minimum atomic E-state index is -0.146. The van der Waals surface area contributed by atoms with E-state index in [2.05, 4.69) is 15.5 Å². The van der Waals surface area contributed by atoms with E-state index in [1.807, 2.05) is 60.7 Å². The highest BCUT2D eigenvalue weighted by Gasteiger charge is 2.34. The Bertz CT molecular complexity index is 1180. The van der Waals surface area contributed by atoms with Gasteiger partial charge in [0.1, 0.15) is 0 Å². The summed E-state index contributed by atoms with van der Waals surface area (Å²) in [6, 6.07) is 12.9. The third-order valence-corrected chi connectivity index (χ3v) is 7.04. The quantitative estimate of drug-likeness (QED) is 0.510. The fraction of sp³-hybridized carbons (Fsp3) is 0.333. The van der Waals surface area contributed by atoms with Crippen LogP contribution in [0.15, 0.2) is 47.6 Å². The Morgan fingerprint density at radius 1 is 1.15 bits per heavy atom. The summed E-state index contributed by atoms with van der Waals surface area (Å²) in [5.41, 5.74) is 3.44. The Labute approximate surface area is 202 Å². The average Bonchev–Trinajstić information content (AvgIpc) is 3.41. The van der Waals surface area contributed by atoms with Crippen LogP contribution in [0.25, 0.3) is 0 Å². The van der Waals surface area contributed by atoms with Gasteiger partial charge in [-0.3, -0.25) is 9.59 Å². The summed E-state index contributed by atoms with van der Waals surface area (Å²) < 4.78 is 1.88. The Balaban J connectivity index is 1.42. The van der Waals surface area contributed by atoms with Crippen molar-refractivity contribution in [3.05, 3.63) is 70.0 Å². The molecule has 0 aliphatic carbocycles.